The van der Waals surface area contributed by atoms with Crippen LogP contribution in [0.4, 0.5) is 0 Å². The highest BCUT2D eigenvalue weighted by molar-refractivity contribution is 5.86. The fourth-order valence-electron chi connectivity index (χ4n) is 5.47. The molecule has 0 spiro atoms. The minimum absolute atomic E-state index is 0.232. The Labute approximate surface area is 221 Å². The second-order valence-electron chi connectivity index (χ2n) is 11.3. The van der Waals surface area contributed by atoms with E-state index in [1.807, 2.05) is 0 Å². The summed E-state index contributed by atoms with van der Waals surface area (Å²) in [5.41, 5.74) is 0.506. The number of hydrogen-bond acceptors (Lipinski definition) is 2. The average Bonchev–Trinajstić information content (AvgIpc) is 2.84. The smallest absolute Gasteiger partial charge is 0.271 e. The van der Waals surface area contributed by atoms with Gasteiger partial charge in [0, 0.05) is 18.4 Å². The van der Waals surface area contributed by atoms with Gasteiger partial charge in [0.25, 0.3) is 0 Å². The second kappa shape index (κ2) is 22.4. The molecule has 0 radical (unpaired) electrons. The summed E-state index contributed by atoms with van der Waals surface area (Å²) in [5.74, 6) is -0.232. The summed E-state index contributed by atoms with van der Waals surface area (Å²) in [5, 5.41) is 0. The molecule has 0 rings (SSSR count). The molecular weight excluding hydrogens is 430 g/mol. The number of rotatable bonds is 25. The van der Waals surface area contributed by atoms with Gasteiger partial charge in [-0.05, 0) is 40.5 Å². The van der Waals surface area contributed by atoms with Crippen molar-refractivity contribution in [1.82, 2.24) is 0 Å². The van der Waals surface area contributed by atoms with Crippen molar-refractivity contribution in [3.05, 3.63) is 12.2 Å². The van der Waals surface area contributed by atoms with Crippen LogP contribution < -0.4 is 0 Å². The molecule has 0 aliphatic heterocycles. The molecule has 2 atom stereocenters. The van der Waals surface area contributed by atoms with Crippen molar-refractivity contribution < 1.29 is 14.3 Å². The van der Waals surface area contributed by atoms with E-state index in [1.54, 1.807) is 6.92 Å². The Morgan fingerprint density at radius 3 is 1.23 bits per heavy atom. The third kappa shape index (κ3) is 15.8. The Kier molecular flexibility index (Phi) is 21.8. The minimum Gasteiger partial charge on any atom is -0.271 e. The summed E-state index contributed by atoms with van der Waals surface area (Å²) in [6, 6.07) is 0.642. The first-order chi connectivity index (χ1) is 16.9. The lowest BCUT2D eigenvalue weighted by Crippen LogP contribution is -2.60. The van der Waals surface area contributed by atoms with Gasteiger partial charge in [0.05, 0.1) is 0 Å². The van der Waals surface area contributed by atoms with E-state index in [-0.39, 0.29) is 5.97 Å². The van der Waals surface area contributed by atoms with Gasteiger partial charge >= 0.3 is 5.97 Å². The lowest BCUT2D eigenvalue weighted by atomic mass is 10.0. The Morgan fingerprint density at radius 1 is 0.629 bits per heavy atom. The van der Waals surface area contributed by atoms with Crippen molar-refractivity contribution in [2.24, 2.45) is 0 Å². The molecule has 0 fully saturated rings. The van der Waals surface area contributed by atoms with Crippen LogP contribution in [-0.4, -0.2) is 29.2 Å². The quantitative estimate of drug-likeness (QED) is 0.0546. The fraction of sp³-hybridized carbons (Fsp3) is 0.906. The second-order valence-corrected chi connectivity index (χ2v) is 11.3. The monoisotopic (exact) mass is 494 g/mol. The number of nitrogens with zero attached hydrogens (tertiary/aromatic N) is 1. The molecule has 0 aliphatic rings. The molecule has 0 heterocycles. The van der Waals surface area contributed by atoms with Crippen LogP contribution in [0, 0.1) is 0 Å². The molecule has 3 nitrogen and oxygen atoms in total. The Bertz CT molecular complexity index is 488. The van der Waals surface area contributed by atoms with Gasteiger partial charge < -0.3 is 0 Å². The lowest BCUT2D eigenvalue weighted by molar-refractivity contribution is -1.12. The third-order valence-corrected chi connectivity index (χ3v) is 8.04. The maximum Gasteiger partial charge on any atom is 0.392 e. The van der Waals surface area contributed by atoms with Crippen molar-refractivity contribution in [3.8, 4) is 0 Å². The SMILES string of the molecule is C=C(C)C(=O)O[N+](CC)(C(C)CCCCCCCCCCC)C(C)CCCCCCCCCCC. The molecule has 2 unspecified atom stereocenters. The number of unbranched alkanes of at least 4 members (excludes halogenated alkanes) is 16. The maximum atomic E-state index is 12.6. The molecule has 0 saturated heterocycles. The summed E-state index contributed by atoms with van der Waals surface area (Å²) in [4.78, 5) is 18.9. The highest BCUT2D eigenvalue weighted by Crippen LogP contribution is 2.29. The number of carbonyl (C=O) groups excluding carboxylic acids is 1. The van der Waals surface area contributed by atoms with Crippen LogP contribution in [0.15, 0.2) is 12.2 Å². The molecule has 35 heavy (non-hydrogen) atoms. The van der Waals surface area contributed by atoms with E-state index in [1.165, 1.54) is 116 Å². The first kappa shape index (κ1) is 34.2. The molecule has 0 amide bonds. The highest BCUT2D eigenvalue weighted by atomic mass is 16.7. The van der Waals surface area contributed by atoms with Crippen molar-refractivity contribution >= 4 is 5.97 Å². The van der Waals surface area contributed by atoms with Crippen LogP contribution >= 0.6 is 0 Å². The summed E-state index contributed by atoms with van der Waals surface area (Å²) in [6.45, 7) is 17.8. The molecule has 208 valence electrons. The van der Waals surface area contributed by atoms with Gasteiger partial charge in [-0.3, -0.25) is 4.84 Å². The molecule has 0 aromatic carbocycles. The first-order valence-electron chi connectivity index (χ1n) is 15.6. The average molecular weight is 495 g/mol. The zero-order chi connectivity index (χ0) is 26.4. The number of hydrogen-bond donors (Lipinski definition) is 0. The Balaban J connectivity index is 4.61. The van der Waals surface area contributed by atoms with E-state index in [4.69, 9.17) is 4.84 Å². The maximum absolute atomic E-state index is 12.6. The van der Waals surface area contributed by atoms with Crippen LogP contribution in [0.3, 0.4) is 0 Å². The van der Waals surface area contributed by atoms with Crippen LogP contribution in [0.2, 0.25) is 0 Å². The van der Waals surface area contributed by atoms with E-state index in [0.717, 1.165) is 19.4 Å². The highest BCUT2D eigenvalue weighted by Gasteiger charge is 2.42. The van der Waals surface area contributed by atoms with Gasteiger partial charge in [0.1, 0.15) is 18.6 Å². The molecular formula is C32H64NO2+. The van der Waals surface area contributed by atoms with Gasteiger partial charge in [0.15, 0.2) is 0 Å². The molecule has 0 saturated carbocycles. The Morgan fingerprint density at radius 2 is 0.943 bits per heavy atom. The first-order valence-corrected chi connectivity index (χ1v) is 15.6. The Hall–Kier alpha value is -0.830. The van der Waals surface area contributed by atoms with Crippen molar-refractivity contribution in [1.29, 1.82) is 0 Å². The topological polar surface area (TPSA) is 26.3 Å². The van der Waals surface area contributed by atoms with E-state index in [0.29, 0.717) is 22.3 Å². The molecule has 0 bridgehead atoms. The van der Waals surface area contributed by atoms with Crippen molar-refractivity contribution in [2.75, 3.05) is 6.54 Å². The predicted octanol–water partition coefficient (Wildman–Crippen LogP) is 10.5. The summed E-state index contributed by atoms with van der Waals surface area (Å²) in [6.07, 6.45) is 26.5. The van der Waals surface area contributed by atoms with E-state index in [9.17, 15) is 4.79 Å². The van der Waals surface area contributed by atoms with E-state index >= 15 is 0 Å². The summed E-state index contributed by atoms with van der Waals surface area (Å²) >= 11 is 0. The van der Waals surface area contributed by atoms with E-state index < -0.39 is 0 Å². The molecule has 0 aromatic rings. The normalized spacial score (nSPS) is 14.9. The zero-order valence-electron chi connectivity index (χ0n) is 25.0. The predicted molar refractivity (Wildman–Crippen MR) is 154 cm³/mol. The number of carbonyl (C=O) groups is 1. The van der Waals surface area contributed by atoms with Gasteiger partial charge in [-0.1, -0.05) is 123 Å². The zero-order valence-corrected chi connectivity index (χ0v) is 25.0. The largest absolute Gasteiger partial charge is 0.392 e. The lowest BCUT2D eigenvalue weighted by Gasteiger charge is -2.43. The van der Waals surface area contributed by atoms with Gasteiger partial charge in [-0.2, -0.15) is 0 Å². The fourth-order valence-corrected chi connectivity index (χ4v) is 5.47. The third-order valence-electron chi connectivity index (χ3n) is 8.04. The van der Waals surface area contributed by atoms with Crippen molar-refractivity contribution in [2.45, 2.75) is 182 Å². The van der Waals surface area contributed by atoms with Crippen LogP contribution in [0.5, 0.6) is 0 Å². The molecule has 0 aliphatic carbocycles. The number of quaternary nitrogens is 1. The standard InChI is InChI=1S/C32H64NO2/c1-8-11-13-15-17-19-21-23-25-27-30(6)33(10-3,35-32(34)29(4)5)31(7)28-26-24-22-20-18-16-14-12-9-2/h30-31H,4,8-28H2,1-3,5-7H3/q+1. The summed E-state index contributed by atoms with van der Waals surface area (Å²) in [7, 11) is 0. The molecule has 0 aromatic heterocycles. The van der Waals surface area contributed by atoms with Gasteiger partial charge in [-0.25, -0.2) is 4.79 Å². The molecule has 3 heteroatoms. The number of hydroxylamine groups is 3. The minimum atomic E-state index is -0.232. The van der Waals surface area contributed by atoms with E-state index in [2.05, 4.69) is 41.2 Å². The van der Waals surface area contributed by atoms with Crippen LogP contribution in [0.1, 0.15) is 170 Å². The van der Waals surface area contributed by atoms with Gasteiger partial charge in [-0.15, -0.1) is 4.65 Å². The van der Waals surface area contributed by atoms with Crippen LogP contribution in [0.25, 0.3) is 0 Å². The van der Waals surface area contributed by atoms with Crippen LogP contribution in [-0.2, 0) is 9.63 Å². The molecule has 0 N–H and O–H groups in total. The summed E-state index contributed by atoms with van der Waals surface area (Å²) < 4.78 is 0.458. The van der Waals surface area contributed by atoms with Crippen molar-refractivity contribution in [3.63, 3.8) is 0 Å². The van der Waals surface area contributed by atoms with Gasteiger partial charge in [0.2, 0.25) is 0 Å².